The molecular formula is C14H12ClN3O2S2. The van der Waals surface area contributed by atoms with Gasteiger partial charge in [-0.1, -0.05) is 23.7 Å². The summed E-state index contributed by atoms with van der Waals surface area (Å²) in [7, 11) is -3.52. The van der Waals surface area contributed by atoms with Crippen LogP contribution in [0.25, 0.3) is 5.69 Å². The van der Waals surface area contributed by atoms with Crippen LogP contribution in [-0.2, 0) is 16.6 Å². The molecule has 0 aliphatic rings. The Morgan fingerprint density at radius 1 is 1.18 bits per heavy atom. The summed E-state index contributed by atoms with van der Waals surface area (Å²) in [5.41, 5.74) is 1.78. The molecule has 114 valence electrons. The fourth-order valence-electron chi connectivity index (χ4n) is 1.88. The van der Waals surface area contributed by atoms with Gasteiger partial charge < -0.3 is 0 Å². The Kier molecular flexibility index (Phi) is 4.30. The molecule has 0 saturated carbocycles. The van der Waals surface area contributed by atoms with Crippen molar-refractivity contribution in [3.05, 3.63) is 64.8 Å². The van der Waals surface area contributed by atoms with E-state index in [4.69, 9.17) is 11.6 Å². The Morgan fingerprint density at radius 3 is 2.55 bits per heavy atom. The largest absolute Gasteiger partial charge is 0.250 e. The lowest BCUT2D eigenvalue weighted by Crippen LogP contribution is -2.22. The van der Waals surface area contributed by atoms with Gasteiger partial charge >= 0.3 is 0 Å². The van der Waals surface area contributed by atoms with E-state index in [1.165, 1.54) is 6.07 Å². The highest BCUT2D eigenvalue weighted by Gasteiger charge is 2.16. The van der Waals surface area contributed by atoms with Crippen molar-refractivity contribution in [2.75, 3.05) is 0 Å². The summed E-state index contributed by atoms with van der Waals surface area (Å²) in [6.07, 6.45) is 3.55. The molecule has 8 heteroatoms. The summed E-state index contributed by atoms with van der Waals surface area (Å²) in [6, 6.07) is 12.4. The Hall–Kier alpha value is -1.67. The van der Waals surface area contributed by atoms with E-state index >= 15 is 0 Å². The Morgan fingerprint density at radius 2 is 1.95 bits per heavy atom. The lowest BCUT2D eigenvalue weighted by atomic mass is 10.2. The predicted molar refractivity (Wildman–Crippen MR) is 86.9 cm³/mol. The van der Waals surface area contributed by atoms with Crippen LogP contribution in [0.5, 0.6) is 0 Å². The van der Waals surface area contributed by atoms with Gasteiger partial charge in [-0.25, -0.2) is 17.8 Å². The van der Waals surface area contributed by atoms with Gasteiger partial charge in [-0.05, 0) is 35.9 Å². The molecule has 0 atom stereocenters. The second kappa shape index (κ2) is 6.21. The molecular weight excluding hydrogens is 342 g/mol. The number of benzene rings is 1. The van der Waals surface area contributed by atoms with Crippen LogP contribution in [0.3, 0.4) is 0 Å². The molecule has 3 rings (SSSR count). The number of thiophene rings is 1. The first kappa shape index (κ1) is 15.2. The van der Waals surface area contributed by atoms with Crippen molar-refractivity contribution in [1.29, 1.82) is 0 Å². The van der Waals surface area contributed by atoms with Gasteiger partial charge in [-0.2, -0.15) is 5.10 Å². The molecule has 3 aromatic rings. The van der Waals surface area contributed by atoms with Crippen LogP contribution in [0.1, 0.15) is 5.56 Å². The topological polar surface area (TPSA) is 64.0 Å². The van der Waals surface area contributed by atoms with Crippen molar-refractivity contribution >= 4 is 33.0 Å². The van der Waals surface area contributed by atoms with Crippen molar-refractivity contribution in [1.82, 2.24) is 14.5 Å². The number of nitrogens with zero attached hydrogens (tertiary/aromatic N) is 2. The number of rotatable bonds is 5. The maximum atomic E-state index is 12.1. The highest BCUT2D eigenvalue weighted by molar-refractivity contribution is 7.91. The van der Waals surface area contributed by atoms with Crippen LogP contribution < -0.4 is 4.72 Å². The van der Waals surface area contributed by atoms with Crippen LogP contribution >= 0.6 is 22.9 Å². The maximum absolute atomic E-state index is 12.1. The lowest BCUT2D eigenvalue weighted by Gasteiger charge is -2.06. The van der Waals surface area contributed by atoms with Crippen LogP contribution in [0.4, 0.5) is 0 Å². The molecule has 0 aliphatic carbocycles. The third-order valence-electron chi connectivity index (χ3n) is 2.99. The lowest BCUT2D eigenvalue weighted by molar-refractivity contribution is 0.583. The van der Waals surface area contributed by atoms with E-state index in [9.17, 15) is 8.42 Å². The summed E-state index contributed by atoms with van der Waals surface area (Å²) >= 11 is 6.80. The van der Waals surface area contributed by atoms with Crippen LogP contribution in [-0.4, -0.2) is 18.2 Å². The van der Waals surface area contributed by atoms with Crippen LogP contribution in [0, 0.1) is 0 Å². The number of halogens is 1. The molecule has 2 heterocycles. The van der Waals surface area contributed by atoms with E-state index in [0.717, 1.165) is 22.6 Å². The van der Waals surface area contributed by atoms with Gasteiger partial charge in [0, 0.05) is 18.9 Å². The first-order valence-electron chi connectivity index (χ1n) is 6.38. The fourth-order valence-corrected chi connectivity index (χ4v) is 4.42. The van der Waals surface area contributed by atoms with Crippen LogP contribution in [0.2, 0.25) is 4.34 Å². The molecule has 22 heavy (non-hydrogen) atoms. The van der Waals surface area contributed by atoms with Crippen LogP contribution in [0.15, 0.2) is 59.1 Å². The first-order chi connectivity index (χ1) is 10.5. The maximum Gasteiger partial charge on any atom is 0.250 e. The number of nitrogens with one attached hydrogen (secondary N) is 1. The quantitative estimate of drug-likeness (QED) is 0.766. The minimum absolute atomic E-state index is 0.214. The normalized spacial score (nSPS) is 11.7. The standard InChI is InChI=1S/C14H12ClN3O2S2/c15-13-6-7-14(21-13)22(19,20)17-10-11-2-4-12(5-3-11)18-9-1-8-16-18/h1-9,17H,10H2. The highest BCUT2D eigenvalue weighted by atomic mass is 35.5. The summed E-state index contributed by atoms with van der Waals surface area (Å²) < 4.78 is 29.2. The summed E-state index contributed by atoms with van der Waals surface area (Å²) in [4.78, 5) is 0. The minimum atomic E-state index is -3.52. The van der Waals surface area contributed by atoms with E-state index in [2.05, 4.69) is 9.82 Å². The molecule has 2 aromatic heterocycles. The van der Waals surface area contributed by atoms with E-state index in [1.54, 1.807) is 16.9 Å². The fraction of sp³-hybridized carbons (Fsp3) is 0.0714. The van der Waals surface area contributed by atoms with E-state index in [1.807, 2.05) is 36.5 Å². The smallest absolute Gasteiger partial charge is 0.241 e. The zero-order valence-electron chi connectivity index (χ0n) is 11.3. The molecule has 0 bridgehead atoms. The van der Waals surface area contributed by atoms with E-state index < -0.39 is 10.0 Å². The zero-order chi connectivity index (χ0) is 15.6. The van der Waals surface area contributed by atoms with Crippen molar-refractivity contribution in [2.45, 2.75) is 10.8 Å². The Bertz CT molecular complexity index is 856. The average molecular weight is 354 g/mol. The van der Waals surface area contributed by atoms with Gasteiger partial charge in [-0.15, -0.1) is 11.3 Å². The second-order valence-corrected chi connectivity index (χ2v) is 8.21. The minimum Gasteiger partial charge on any atom is -0.241 e. The summed E-state index contributed by atoms with van der Waals surface area (Å²) in [5.74, 6) is 0. The molecule has 1 aromatic carbocycles. The second-order valence-electron chi connectivity index (χ2n) is 4.50. The molecule has 0 radical (unpaired) electrons. The molecule has 5 nitrogen and oxygen atoms in total. The third-order valence-corrected chi connectivity index (χ3v) is 6.11. The number of sulfonamides is 1. The SMILES string of the molecule is O=S(=O)(NCc1ccc(-n2cccn2)cc1)c1ccc(Cl)s1. The van der Waals surface area contributed by atoms with Gasteiger partial charge in [0.15, 0.2) is 0 Å². The zero-order valence-corrected chi connectivity index (χ0v) is 13.7. The van der Waals surface area contributed by atoms with Gasteiger partial charge in [0.2, 0.25) is 10.0 Å². The Balaban J connectivity index is 1.69. The van der Waals surface area contributed by atoms with E-state index in [0.29, 0.717) is 4.34 Å². The average Bonchev–Trinajstić information content (AvgIpc) is 3.17. The molecule has 0 fully saturated rings. The van der Waals surface area contributed by atoms with Gasteiger partial charge in [-0.3, -0.25) is 0 Å². The summed E-state index contributed by atoms with van der Waals surface area (Å²) in [6.45, 7) is 0.219. The number of hydrogen-bond acceptors (Lipinski definition) is 4. The molecule has 0 saturated heterocycles. The molecule has 0 amide bonds. The number of aromatic nitrogens is 2. The van der Waals surface area contributed by atoms with Gasteiger partial charge in [0.05, 0.1) is 10.0 Å². The molecule has 0 spiro atoms. The number of hydrogen-bond donors (Lipinski definition) is 1. The van der Waals surface area contributed by atoms with Crippen molar-refractivity contribution in [2.24, 2.45) is 0 Å². The van der Waals surface area contributed by atoms with Crippen molar-refractivity contribution < 1.29 is 8.42 Å². The Labute approximate surface area is 137 Å². The van der Waals surface area contributed by atoms with Crippen molar-refractivity contribution in [3.63, 3.8) is 0 Å². The van der Waals surface area contributed by atoms with Gasteiger partial charge in [0.25, 0.3) is 0 Å². The van der Waals surface area contributed by atoms with E-state index in [-0.39, 0.29) is 10.8 Å². The molecule has 0 unspecified atom stereocenters. The third kappa shape index (κ3) is 3.38. The molecule has 1 N–H and O–H groups in total. The van der Waals surface area contributed by atoms with Gasteiger partial charge in [0.1, 0.15) is 4.21 Å². The monoisotopic (exact) mass is 353 g/mol. The predicted octanol–water partition coefficient (Wildman–Crippen LogP) is 3.07. The molecule has 0 aliphatic heterocycles. The highest BCUT2D eigenvalue weighted by Crippen LogP contribution is 2.25. The van der Waals surface area contributed by atoms with Crippen molar-refractivity contribution in [3.8, 4) is 5.69 Å². The summed E-state index contributed by atoms with van der Waals surface area (Å²) in [5, 5.41) is 4.14. The first-order valence-corrected chi connectivity index (χ1v) is 9.06.